The highest BCUT2D eigenvalue weighted by atomic mass is 16.9. The summed E-state index contributed by atoms with van der Waals surface area (Å²) in [7, 11) is 0. The van der Waals surface area contributed by atoms with E-state index in [4.69, 9.17) is 29.4 Å². The first-order valence-electron chi connectivity index (χ1n) is 9.17. The molecule has 0 radical (unpaired) electrons. The van der Waals surface area contributed by atoms with E-state index in [0.717, 1.165) is 5.56 Å². The molecule has 1 aliphatic rings. The lowest BCUT2D eigenvalue weighted by molar-refractivity contribution is -0.399. The minimum absolute atomic E-state index is 0.0442. The zero-order valence-electron chi connectivity index (χ0n) is 15.9. The molecule has 1 aromatic carbocycles. The molecule has 0 aliphatic carbocycles. The lowest BCUT2D eigenvalue weighted by atomic mass is 10.2. The van der Waals surface area contributed by atoms with E-state index in [1.54, 1.807) is 0 Å². The van der Waals surface area contributed by atoms with Crippen LogP contribution in [-0.4, -0.2) is 42.3 Å². The third-order valence-corrected chi connectivity index (χ3v) is 4.10. The van der Waals surface area contributed by atoms with Crippen molar-refractivity contribution >= 4 is 5.82 Å². The Balaban J connectivity index is 1.69. The van der Waals surface area contributed by atoms with Crippen molar-refractivity contribution in [3.63, 3.8) is 0 Å². The Bertz CT molecular complexity index is 807. The van der Waals surface area contributed by atoms with Gasteiger partial charge in [-0.2, -0.15) is 4.98 Å². The SMILES string of the molecule is CCOC(OCC)(OC[C@H]1OC[C@@H](n2ccc(N)nc2=O)O1)c1ccccc1. The van der Waals surface area contributed by atoms with Gasteiger partial charge in [0.25, 0.3) is 0 Å². The van der Waals surface area contributed by atoms with Crippen LogP contribution in [0.25, 0.3) is 0 Å². The first-order chi connectivity index (χ1) is 13.6. The highest BCUT2D eigenvalue weighted by Gasteiger charge is 2.38. The molecule has 1 saturated heterocycles. The molecule has 2 heterocycles. The van der Waals surface area contributed by atoms with Gasteiger partial charge < -0.3 is 29.4 Å². The highest BCUT2D eigenvalue weighted by Crippen LogP contribution is 2.31. The van der Waals surface area contributed by atoms with Crippen molar-refractivity contribution in [1.82, 2.24) is 9.55 Å². The van der Waals surface area contributed by atoms with E-state index >= 15 is 0 Å². The number of aromatic nitrogens is 2. The third kappa shape index (κ3) is 4.57. The fraction of sp³-hybridized carbons (Fsp3) is 0.474. The molecular weight excluding hydrogens is 366 g/mol. The van der Waals surface area contributed by atoms with Gasteiger partial charge in [-0.05, 0) is 19.9 Å². The number of ether oxygens (including phenoxy) is 5. The van der Waals surface area contributed by atoms with Crippen LogP contribution in [0.5, 0.6) is 0 Å². The molecule has 0 amide bonds. The Morgan fingerprint density at radius 1 is 1.18 bits per heavy atom. The van der Waals surface area contributed by atoms with Crippen molar-refractivity contribution in [3.05, 3.63) is 58.6 Å². The van der Waals surface area contributed by atoms with Crippen LogP contribution in [0.3, 0.4) is 0 Å². The Labute approximate surface area is 162 Å². The molecule has 1 aliphatic heterocycles. The fourth-order valence-corrected chi connectivity index (χ4v) is 2.90. The standard InChI is InChI=1S/C19H25N3O6/c1-3-25-19(26-4-2,14-8-6-5-7-9-14)27-13-17-24-12-16(28-17)22-11-10-15(20)21-18(22)23/h5-11,16-17H,3-4,12-13H2,1-2H3,(H2,20,21,23)/t16-,17-/m0/s1. The van der Waals surface area contributed by atoms with E-state index in [-0.39, 0.29) is 19.0 Å². The van der Waals surface area contributed by atoms with Crippen molar-refractivity contribution in [3.8, 4) is 0 Å². The Morgan fingerprint density at radius 2 is 1.89 bits per heavy atom. The van der Waals surface area contributed by atoms with Crippen molar-refractivity contribution < 1.29 is 23.7 Å². The zero-order chi connectivity index (χ0) is 20.0. The quantitative estimate of drug-likeness (QED) is 0.642. The Kier molecular flexibility index (Phi) is 6.76. The molecule has 0 bridgehead atoms. The monoisotopic (exact) mass is 391 g/mol. The highest BCUT2D eigenvalue weighted by molar-refractivity contribution is 5.23. The molecule has 2 N–H and O–H groups in total. The second-order valence-corrected chi connectivity index (χ2v) is 6.00. The molecule has 28 heavy (non-hydrogen) atoms. The second-order valence-electron chi connectivity index (χ2n) is 6.00. The van der Waals surface area contributed by atoms with E-state index < -0.39 is 24.2 Å². The summed E-state index contributed by atoms with van der Waals surface area (Å²) in [4.78, 5) is 15.7. The van der Waals surface area contributed by atoms with Gasteiger partial charge in [-0.3, -0.25) is 4.57 Å². The van der Waals surface area contributed by atoms with Gasteiger partial charge in [-0.25, -0.2) is 4.79 Å². The van der Waals surface area contributed by atoms with Gasteiger partial charge in [0.15, 0.2) is 12.5 Å². The molecule has 1 fully saturated rings. The number of rotatable bonds is 9. The minimum Gasteiger partial charge on any atom is -0.383 e. The van der Waals surface area contributed by atoms with Crippen LogP contribution in [0, 0.1) is 0 Å². The summed E-state index contributed by atoms with van der Waals surface area (Å²) in [6.45, 7) is 4.72. The molecule has 9 nitrogen and oxygen atoms in total. The molecule has 9 heteroatoms. The predicted octanol–water partition coefficient (Wildman–Crippen LogP) is 1.60. The van der Waals surface area contributed by atoms with Gasteiger partial charge in [0, 0.05) is 25.0 Å². The van der Waals surface area contributed by atoms with Crippen LogP contribution in [0.15, 0.2) is 47.4 Å². The summed E-state index contributed by atoms with van der Waals surface area (Å²) < 4.78 is 30.4. The normalized spacial score (nSPS) is 19.8. The number of nitrogens with two attached hydrogens (primary N) is 1. The number of hydrogen-bond acceptors (Lipinski definition) is 8. The van der Waals surface area contributed by atoms with Gasteiger partial charge in [0.05, 0.1) is 6.61 Å². The molecule has 2 atom stereocenters. The molecule has 2 aromatic rings. The topological polar surface area (TPSA) is 107 Å². The summed E-state index contributed by atoms with van der Waals surface area (Å²) >= 11 is 0. The minimum atomic E-state index is -1.37. The second kappa shape index (κ2) is 9.26. The molecule has 0 saturated carbocycles. The number of hydrogen-bond donors (Lipinski definition) is 1. The first kappa shape index (κ1) is 20.4. The maximum absolute atomic E-state index is 12.0. The van der Waals surface area contributed by atoms with Gasteiger partial charge in [0.1, 0.15) is 12.4 Å². The average Bonchev–Trinajstić information content (AvgIpc) is 3.16. The number of nitrogen functional groups attached to an aromatic ring is 1. The Hall–Kier alpha value is -2.30. The van der Waals surface area contributed by atoms with E-state index in [2.05, 4.69) is 4.98 Å². The van der Waals surface area contributed by atoms with Gasteiger partial charge in [-0.1, -0.05) is 30.3 Å². The lowest BCUT2D eigenvalue weighted by Gasteiger charge is -2.33. The molecule has 152 valence electrons. The van der Waals surface area contributed by atoms with Crippen molar-refractivity contribution in [1.29, 1.82) is 0 Å². The van der Waals surface area contributed by atoms with Gasteiger partial charge in [0.2, 0.25) is 0 Å². The van der Waals surface area contributed by atoms with Crippen LogP contribution in [0.4, 0.5) is 5.82 Å². The molecular formula is C19H25N3O6. The predicted molar refractivity (Wildman–Crippen MR) is 100 cm³/mol. The molecule has 0 spiro atoms. The van der Waals surface area contributed by atoms with Crippen molar-refractivity contribution in [2.45, 2.75) is 32.3 Å². The summed E-state index contributed by atoms with van der Waals surface area (Å²) in [6.07, 6.45) is 0.217. The van der Waals surface area contributed by atoms with Crippen LogP contribution in [0.1, 0.15) is 25.6 Å². The van der Waals surface area contributed by atoms with Gasteiger partial charge in [-0.15, -0.1) is 0 Å². The van der Waals surface area contributed by atoms with E-state index in [9.17, 15) is 4.79 Å². The van der Waals surface area contributed by atoms with Crippen LogP contribution < -0.4 is 11.4 Å². The van der Waals surface area contributed by atoms with Crippen molar-refractivity contribution in [2.75, 3.05) is 32.2 Å². The van der Waals surface area contributed by atoms with Crippen molar-refractivity contribution in [2.24, 2.45) is 0 Å². The summed E-state index contributed by atoms with van der Waals surface area (Å²) in [5.41, 5.74) is 5.74. The number of nitrogens with zero attached hydrogens (tertiary/aromatic N) is 2. The lowest BCUT2D eigenvalue weighted by Crippen LogP contribution is -2.39. The first-order valence-corrected chi connectivity index (χ1v) is 9.17. The van der Waals surface area contributed by atoms with E-state index in [1.807, 2.05) is 44.2 Å². The summed E-state index contributed by atoms with van der Waals surface area (Å²) in [5.74, 6) is -1.21. The fourth-order valence-electron chi connectivity index (χ4n) is 2.90. The molecule has 1 aromatic heterocycles. The maximum Gasteiger partial charge on any atom is 0.351 e. The van der Waals surface area contributed by atoms with Crippen LogP contribution >= 0.6 is 0 Å². The maximum atomic E-state index is 12.0. The number of anilines is 1. The Morgan fingerprint density at radius 3 is 2.54 bits per heavy atom. The molecule has 3 rings (SSSR count). The largest absolute Gasteiger partial charge is 0.383 e. The average molecular weight is 391 g/mol. The smallest absolute Gasteiger partial charge is 0.351 e. The summed E-state index contributed by atoms with van der Waals surface area (Å²) in [5, 5.41) is 0. The van der Waals surface area contributed by atoms with Crippen LogP contribution in [-0.2, 0) is 29.7 Å². The number of benzene rings is 1. The summed E-state index contributed by atoms with van der Waals surface area (Å²) in [6, 6.07) is 10.9. The van der Waals surface area contributed by atoms with E-state index in [0.29, 0.717) is 13.2 Å². The van der Waals surface area contributed by atoms with Gasteiger partial charge >= 0.3 is 11.7 Å². The zero-order valence-corrected chi connectivity index (χ0v) is 15.9. The third-order valence-electron chi connectivity index (χ3n) is 4.10. The van der Waals surface area contributed by atoms with Crippen LogP contribution in [0.2, 0.25) is 0 Å². The molecule has 0 unspecified atom stereocenters. The van der Waals surface area contributed by atoms with E-state index in [1.165, 1.54) is 16.8 Å².